The van der Waals surface area contributed by atoms with Crippen molar-refractivity contribution in [2.45, 2.75) is 19.4 Å². The smallest absolute Gasteiger partial charge is 0.123 e. The molecule has 0 aromatic heterocycles. The van der Waals surface area contributed by atoms with E-state index in [0.29, 0.717) is 6.04 Å². The van der Waals surface area contributed by atoms with E-state index in [1.54, 1.807) is 19.2 Å². The van der Waals surface area contributed by atoms with E-state index >= 15 is 0 Å². The van der Waals surface area contributed by atoms with Gasteiger partial charge < -0.3 is 0 Å². The van der Waals surface area contributed by atoms with Crippen molar-refractivity contribution in [3.63, 3.8) is 0 Å². The van der Waals surface area contributed by atoms with Gasteiger partial charge >= 0.3 is 0 Å². The van der Waals surface area contributed by atoms with Crippen LogP contribution in [0.5, 0.6) is 0 Å². The van der Waals surface area contributed by atoms with Crippen molar-refractivity contribution < 1.29 is 4.39 Å². The van der Waals surface area contributed by atoms with E-state index in [1.807, 2.05) is 5.01 Å². The average molecular weight is 207 g/mol. The molecule has 2 rings (SSSR count). The molecule has 0 radical (unpaired) electrons. The third-order valence-corrected chi connectivity index (χ3v) is 2.55. The van der Waals surface area contributed by atoms with Gasteiger partial charge in [-0.25, -0.2) is 4.39 Å². The molecule has 1 fully saturated rings. The van der Waals surface area contributed by atoms with Crippen molar-refractivity contribution >= 4 is 11.5 Å². The van der Waals surface area contributed by atoms with E-state index < -0.39 is 0 Å². The molecular weight excluding hydrogens is 193 g/mol. The molecule has 1 aromatic rings. The first-order chi connectivity index (χ1) is 7.20. The van der Waals surface area contributed by atoms with Gasteiger partial charge in [0, 0.05) is 13.5 Å². The second-order valence-corrected chi connectivity index (χ2v) is 3.68. The van der Waals surface area contributed by atoms with Gasteiger partial charge in [0.15, 0.2) is 0 Å². The standard InChI is InChI=1S/C11H14FN3/c1-8-7-11(13-2)14-15(8)10-5-3-9(12)4-6-10/h3-6,8H,7H2,1-2H3,(H,13,14). The SMILES string of the molecule is CN=C1CC(C)N(c2ccc(F)cc2)N1. The van der Waals surface area contributed by atoms with Gasteiger partial charge in [-0.05, 0) is 31.2 Å². The molecule has 1 aliphatic rings. The number of nitrogens with zero attached hydrogens (tertiary/aromatic N) is 2. The normalized spacial score (nSPS) is 23.3. The van der Waals surface area contributed by atoms with Gasteiger partial charge in [0.1, 0.15) is 11.7 Å². The van der Waals surface area contributed by atoms with Crippen LogP contribution in [-0.4, -0.2) is 18.9 Å². The number of benzene rings is 1. The van der Waals surface area contributed by atoms with E-state index in [0.717, 1.165) is 17.9 Å². The Balaban J connectivity index is 2.21. The largest absolute Gasteiger partial charge is 0.285 e. The topological polar surface area (TPSA) is 27.6 Å². The molecule has 0 saturated carbocycles. The molecule has 4 heteroatoms. The lowest BCUT2D eigenvalue weighted by molar-refractivity contribution is 0.626. The summed E-state index contributed by atoms with van der Waals surface area (Å²) in [5.41, 5.74) is 4.15. The van der Waals surface area contributed by atoms with Crippen LogP contribution in [0.1, 0.15) is 13.3 Å². The maximum atomic E-state index is 12.8. The predicted molar refractivity (Wildman–Crippen MR) is 59.5 cm³/mol. The molecule has 1 N–H and O–H groups in total. The van der Waals surface area contributed by atoms with Gasteiger partial charge in [0.2, 0.25) is 0 Å². The number of hydrogen-bond acceptors (Lipinski definition) is 2. The van der Waals surface area contributed by atoms with E-state index in [9.17, 15) is 4.39 Å². The van der Waals surface area contributed by atoms with Crippen LogP contribution in [0, 0.1) is 5.82 Å². The Morgan fingerprint density at radius 1 is 1.40 bits per heavy atom. The fourth-order valence-electron chi connectivity index (χ4n) is 1.73. The third kappa shape index (κ3) is 1.93. The monoisotopic (exact) mass is 207 g/mol. The van der Waals surface area contributed by atoms with Crippen molar-refractivity contribution in [2.75, 3.05) is 12.1 Å². The maximum absolute atomic E-state index is 12.8. The third-order valence-electron chi connectivity index (χ3n) is 2.55. The Labute approximate surface area is 88.6 Å². The molecule has 1 aromatic carbocycles. The minimum absolute atomic E-state index is 0.213. The van der Waals surface area contributed by atoms with Gasteiger partial charge in [0.25, 0.3) is 0 Å². The first kappa shape index (κ1) is 9.96. The Hall–Kier alpha value is -1.58. The molecule has 15 heavy (non-hydrogen) atoms. The van der Waals surface area contributed by atoms with Crippen LogP contribution < -0.4 is 10.4 Å². The van der Waals surface area contributed by atoms with Gasteiger partial charge in [-0.1, -0.05) is 0 Å². The van der Waals surface area contributed by atoms with Crippen LogP contribution in [0.25, 0.3) is 0 Å². The number of halogens is 1. The molecule has 80 valence electrons. The van der Waals surface area contributed by atoms with Gasteiger partial charge in [-0.3, -0.25) is 15.4 Å². The van der Waals surface area contributed by atoms with Crippen molar-refractivity contribution in [2.24, 2.45) is 4.99 Å². The average Bonchev–Trinajstić information content (AvgIpc) is 2.61. The number of rotatable bonds is 1. The van der Waals surface area contributed by atoms with E-state index in [-0.39, 0.29) is 5.82 Å². The molecule has 0 bridgehead atoms. The first-order valence-electron chi connectivity index (χ1n) is 4.98. The zero-order valence-electron chi connectivity index (χ0n) is 8.87. The molecule has 0 spiro atoms. The number of anilines is 1. The second-order valence-electron chi connectivity index (χ2n) is 3.68. The lowest BCUT2D eigenvalue weighted by Crippen LogP contribution is -2.37. The van der Waals surface area contributed by atoms with E-state index in [1.165, 1.54) is 12.1 Å². The van der Waals surface area contributed by atoms with Crippen LogP contribution >= 0.6 is 0 Å². The Kier molecular flexibility index (Phi) is 2.58. The second kappa shape index (κ2) is 3.88. The highest BCUT2D eigenvalue weighted by atomic mass is 19.1. The highest BCUT2D eigenvalue weighted by Crippen LogP contribution is 2.20. The number of hydrazine groups is 1. The predicted octanol–water partition coefficient (Wildman–Crippen LogP) is 1.96. The number of amidine groups is 1. The molecule has 3 nitrogen and oxygen atoms in total. The molecule has 0 aliphatic carbocycles. The molecule has 1 unspecified atom stereocenters. The minimum atomic E-state index is -0.213. The summed E-state index contributed by atoms with van der Waals surface area (Å²) in [4.78, 5) is 4.12. The van der Waals surface area contributed by atoms with E-state index in [2.05, 4.69) is 17.3 Å². The van der Waals surface area contributed by atoms with Crippen molar-refractivity contribution in [3.8, 4) is 0 Å². The summed E-state index contributed by atoms with van der Waals surface area (Å²) in [6, 6.07) is 6.79. The molecular formula is C11H14FN3. The summed E-state index contributed by atoms with van der Waals surface area (Å²) >= 11 is 0. The minimum Gasteiger partial charge on any atom is -0.285 e. The van der Waals surface area contributed by atoms with E-state index in [4.69, 9.17) is 0 Å². The zero-order valence-corrected chi connectivity index (χ0v) is 8.87. The quantitative estimate of drug-likeness (QED) is 0.762. The van der Waals surface area contributed by atoms with Crippen LogP contribution in [-0.2, 0) is 0 Å². The van der Waals surface area contributed by atoms with Crippen LogP contribution in [0.3, 0.4) is 0 Å². The van der Waals surface area contributed by atoms with Gasteiger partial charge in [0.05, 0.1) is 11.7 Å². The van der Waals surface area contributed by atoms with Gasteiger partial charge in [-0.15, -0.1) is 0 Å². The lowest BCUT2D eigenvalue weighted by atomic mass is 10.2. The van der Waals surface area contributed by atoms with Crippen molar-refractivity contribution in [3.05, 3.63) is 30.1 Å². The summed E-state index contributed by atoms with van der Waals surface area (Å²) in [7, 11) is 1.77. The fraction of sp³-hybridized carbons (Fsp3) is 0.364. The molecule has 1 heterocycles. The zero-order chi connectivity index (χ0) is 10.8. The van der Waals surface area contributed by atoms with Crippen LogP contribution in [0.2, 0.25) is 0 Å². The summed E-state index contributed by atoms with van der Waals surface area (Å²) in [5.74, 6) is 0.752. The summed E-state index contributed by atoms with van der Waals surface area (Å²) in [5, 5.41) is 2.00. The molecule has 1 aliphatic heterocycles. The Morgan fingerprint density at radius 2 is 2.07 bits per heavy atom. The highest BCUT2D eigenvalue weighted by Gasteiger charge is 2.24. The maximum Gasteiger partial charge on any atom is 0.123 e. The van der Waals surface area contributed by atoms with Crippen molar-refractivity contribution in [1.82, 2.24) is 5.43 Å². The first-order valence-corrected chi connectivity index (χ1v) is 4.98. The highest BCUT2D eigenvalue weighted by molar-refractivity contribution is 5.87. The van der Waals surface area contributed by atoms with Crippen LogP contribution in [0.4, 0.5) is 10.1 Å². The molecule has 1 atom stereocenters. The Morgan fingerprint density at radius 3 is 2.60 bits per heavy atom. The number of nitrogens with one attached hydrogen (secondary N) is 1. The number of aliphatic imine (C=N–C) groups is 1. The Bertz CT molecular complexity index is 372. The number of hydrogen-bond donors (Lipinski definition) is 1. The van der Waals surface area contributed by atoms with Crippen molar-refractivity contribution in [1.29, 1.82) is 0 Å². The van der Waals surface area contributed by atoms with Crippen LogP contribution in [0.15, 0.2) is 29.3 Å². The summed E-state index contributed by atoms with van der Waals surface area (Å²) in [6.07, 6.45) is 0.897. The van der Waals surface area contributed by atoms with Gasteiger partial charge in [-0.2, -0.15) is 0 Å². The molecule has 1 saturated heterocycles. The summed E-state index contributed by atoms with van der Waals surface area (Å²) < 4.78 is 12.8. The lowest BCUT2D eigenvalue weighted by Gasteiger charge is -2.22. The fourth-order valence-corrected chi connectivity index (χ4v) is 1.73. The summed E-state index contributed by atoms with van der Waals surface area (Å²) in [6.45, 7) is 2.11. The molecule has 0 amide bonds.